The fraction of sp³-hybridized carbons (Fsp3) is 0.500. The standard InChI is InChI=1S/C8H10NO/c1-2-4-8-7(3-1)5-9-6-10-8/h2-4,8H,1,5-6H2. The van der Waals surface area contributed by atoms with E-state index in [1.165, 1.54) is 5.57 Å². The minimum absolute atomic E-state index is 0.242. The number of ether oxygens (including phenoxy) is 1. The summed E-state index contributed by atoms with van der Waals surface area (Å²) in [4.78, 5) is 0. The molecule has 10 heavy (non-hydrogen) atoms. The second-order valence-corrected chi connectivity index (χ2v) is 2.54. The topological polar surface area (TPSA) is 23.3 Å². The summed E-state index contributed by atoms with van der Waals surface area (Å²) in [6, 6.07) is 0. The van der Waals surface area contributed by atoms with E-state index in [0.717, 1.165) is 13.0 Å². The smallest absolute Gasteiger partial charge is 0.114 e. The predicted molar refractivity (Wildman–Crippen MR) is 38.6 cm³/mol. The Morgan fingerprint density at radius 1 is 1.60 bits per heavy atom. The van der Waals surface area contributed by atoms with Crippen LogP contribution < -0.4 is 5.32 Å². The fourth-order valence-corrected chi connectivity index (χ4v) is 1.29. The van der Waals surface area contributed by atoms with Crippen LogP contribution in [0.5, 0.6) is 0 Å². The molecular weight excluding hydrogens is 126 g/mol. The van der Waals surface area contributed by atoms with Crippen molar-refractivity contribution in [2.75, 3.05) is 13.3 Å². The Kier molecular flexibility index (Phi) is 1.57. The summed E-state index contributed by atoms with van der Waals surface area (Å²) in [6.07, 6.45) is 7.74. The molecule has 1 radical (unpaired) electrons. The number of rotatable bonds is 0. The van der Waals surface area contributed by atoms with E-state index in [4.69, 9.17) is 4.74 Å². The van der Waals surface area contributed by atoms with Gasteiger partial charge in [-0.2, -0.15) is 0 Å². The van der Waals surface area contributed by atoms with Gasteiger partial charge in [-0.25, -0.2) is 5.32 Å². The SMILES string of the molecule is C1=CC2OC[N]CC2=CC1. The molecule has 1 aliphatic heterocycles. The van der Waals surface area contributed by atoms with Gasteiger partial charge in [-0.3, -0.25) is 0 Å². The van der Waals surface area contributed by atoms with Crippen molar-refractivity contribution in [1.82, 2.24) is 5.32 Å². The van der Waals surface area contributed by atoms with E-state index in [9.17, 15) is 0 Å². The van der Waals surface area contributed by atoms with Crippen LogP contribution in [-0.4, -0.2) is 19.4 Å². The number of allylic oxidation sites excluding steroid dienone is 2. The summed E-state index contributed by atoms with van der Waals surface area (Å²) in [6.45, 7) is 1.43. The quantitative estimate of drug-likeness (QED) is 0.452. The van der Waals surface area contributed by atoms with Gasteiger partial charge in [-0.05, 0) is 12.0 Å². The number of fused-ring (bicyclic) bond motifs is 1. The third kappa shape index (κ3) is 1.00. The predicted octanol–water partition coefficient (Wildman–Crippen LogP) is 0.833. The molecule has 0 aromatic carbocycles. The zero-order valence-corrected chi connectivity index (χ0v) is 5.79. The maximum atomic E-state index is 5.36. The zero-order chi connectivity index (χ0) is 6.81. The molecule has 53 valence electrons. The molecule has 1 aliphatic carbocycles. The van der Waals surface area contributed by atoms with E-state index >= 15 is 0 Å². The Hall–Kier alpha value is -0.600. The maximum Gasteiger partial charge on any atom is 0.114 e. The molecule has 0 aromatic rings. The third-order valence-corrected chi connectivity index (χ3v) is 1.83. The first-order valence-electron chi connectivity index (χ1n) is 3.57. The van der Waals surface area contributed by atoms with Crippen LogP contribution in [0.3, 0.4) is 0 Å². The highest BCUT2D eigenvalue weighted by Crippen LogP contribution is 2.17. The molecule has 1 saturated heterocycles. The molecule has 2 aliphatic rings. The molecule has 1 fully saturated rings. The molecule has 0 saturated carbocycles. The van der Waals surface area contributed by atoms with Crippen LogP contribution in [0.2, 0.25) is 0 Å². The second kappa shape index (κ2) is 2.56. The van der Waals surface area contributed by atoms with Gasteiger partial charge >= 0.3 is 0 Å². The van der Waals surface area contributed by atoms with Crippen LogP contribution >= 0.6 is 0 Å². The molecule has 0 spiro atoms. The largest absolute Gasteiger partial charge is 0.353 e. The number of hydrogen-bond donors (Lipinski definition) is 0. The number of nitrogens with zero attached hydrogens (tertiary/aromatic N) is 1. The van der Waals surface area contributed by atoms with E-state index in [1.54, 1.807) is 0 Å². The van der Waals surface area contributed by atoms with E-state index in [0.29, 0.717) is 6.73 Å². The summed E-state index contributed by atoms with van der Waals surface area (Å²) >= 11 is 0. The molecule has 2 heteroatoms. The van der Waals surface area contributed by atoms with Crippen molar-refractivity contribution in [3.8, 4) is 0 Å². The highest BCUT2D eigenvalue weighted by Gasteiger charge is 2.17. The molecular formula is C8H10NO. The first-order valence-corrected chi connectivity index (χ1v) is 3.57. The molecule has 2 nitrogen and oxygen atoms in total. The van der Waals surface area contributed by atoms with Crippen molar-refractivity contribution in [1.29, 1.82) is 0 Å². The minimum atomic E-state index is 0.242. The molecule has 0 amide bonds. The van der Waals surface area contributed by atoms with Crippen molar-refractivity contribution < 1.29 is 4.74 Å². The molecule has 0 N–H and O–H groups in total. The Bertz CT molecular complexity index is 184. The first-order chi connectivity index (χ1) is 4.97. The lowest BCUT2D eigenvalue weighted by molar-refractivity contribution is 0.0666. The van der Waals surface area contributed by atoms with Crippen molar-refractivity contribution in [3.63, 3.8) is 0 Å². The van der Waals surface area contributed by atoms with Gasteiger partial charge in [0.2, 0.25) is 0 Å². The van der Waals surface area contributed by atoms with Gasteiger partial charge in [0.05, 0.1) is 6.10 Å². The monoisotopic (exact) mass is 136 g/mol. The molecule has 0 aromatic heterocycles. The van der Waals surface area contributed by atoms with Gasteiger partial charge < -0.3 is 4.74 Å². The Balaban J connectivity index is 2.13. The Morgan fingerprint density at radius 3 is 3.50 bits per heavy atom. The molecule has 1 heterocycles. The normalized spacial score (nSPS) is 31.2. The van der Waals surface area contributed by atoms with Crippen LogP contribution in [0.1, 0.15) is 6.42 Å². The molecule has 1 unspecified atom stereocenters. The lowest BCUT2D eigenvalue weighted by Crippen LogP contribution is -2.31. The van der Waals surface area contributed by atoms with Crippen LogP contribution in [0.4, 0.5) is 0 Å². The fourth-order valence-electron chi connectivity index (χ4n) is 1.29. The van der Waals surface area contributed by atoms with Gasteiger partial charge in [0.25, 0.3) is 0 Å². The third-order valence-electron chi connectivity index (χ3n) is 1.83. The summed E-state index contributed by atoms with van der Waals surface area (Å²) < 4.78 is 5.36. The Labute approximate surface area is 60.6 Å². The number of hydrogen-bond acceptors (Lipinski definition) is 1. The minimum Gasteiger partial charge on any atom is -0.353 e. The lowest BCUT2D eigenvalue weighted by atomic mass is 10.0. The summed E-state index contributed by atoms with van der Waals surface area (Å²) in [7, 11) is 0. The van der Waals surface area contributed by atoms with E-state index in [-0.39, 0.29) is 6.10 Å². The van der Waals surface area contributed by atoms with Gasteiger partial charge in [0.15, 0.2) is 0 Å². The highest BCUT2D eigenvalue weighted by atomic mass is 16.5. The van der Waals surface area contributed by atoms with Crippen LogP contribution in [0.15, 0.2) is 23.8 Å². The van der Waals surface area contributed by atoms with Crippen molar-refractivity contribution >= 4 is 0 Å². The summed E-state index contributed by atoms with van der Waals surface area (Å²) in [5.74, 6) is 0. The molecule has 1 atom stereocenters. The highest BCUT2D eigenvalue weighted by molar-refractivity contribution is 5.23. The van der Waals surface area contributed by atoms with Gasteiger partial charge in [0, 0.05) is 6.54 Å². The first kappa shape index (κ1) is 6.13. The zero-order valence-electron chi connectivity index (χ0n) is 5.79. The van der Waals surface area contributed by atoms with Gasteiger partial charge in [-0.15, -0.1) is 0 Å². The van der Waals surface area contributed by atoms with Crippen molar-refractivity contribution in [3.05, 3.63) is 23.8 Å². The van der Waals surface area contributed by atoms with Crippen molar-refractivity contribution in [2.24, 2.45) is 0 Å². The average Bonchev–Trinajstić information content (AvgIpc) is 2.05. The maximum absolute atomic E-state index is 5.36. The van der Waals surface area contributed by atoms with E-state index in [2.05, 4.69) is 23.5 Å². The van der Waals surface area contributed by atoms with Gasteiger partial charge in [0.1, 0.15) is 6.73 Å². The molecule has 2 rings (SSSR count). The van der Waals surface area contributed by atoms with E-state index < -0.39 is 0 Å². The van der Waals surface area contributed by atoms with Crippen LogP contribution in [-0.2, 0) is 4.74 Å². The lowest BCUT2D eigenvalue weighted by Gasteiger charge is -2.24. The van der Waals surface area contributed by atoms with Crippen LogP contribution in [0.25, 0.3) is 0 Å². The van der Waals surface area contributed by atoms with E-state index in [1.807, 2.05) is 0 Å². The van der Waals surface area contributed by atoms with Crippen LogP contribution in [0, 0.1) is 0 Å². The van der Waals surface area contributed by atoms with Crippen molar-refractivity contribution in [2.45, 2.75) is 12.5 Å². The Morgan fingerprint density at radius 2 is 2.60 bits per heavy atom. The summed E-state index contributed by atoms with van der Waals surface area (Å²) in [5.41, 5.74) is 1.33. The second-order valence-electron chi connectivity index (χ2n) is 2.54. The average molecular weight is 136 g/mol. The molecule has 0 bridgehead atoms. The summed E-state index contributed by atoms with van der Waals surface area (Å²) in [5, 5.41) is 4.14. The van der Waals surface area contributed by atoms with Gasteiger partial charge in [-0.1, -0.05) is 18.2 Å².